The van der Waals surface area contributed by atoms with Crippen LogP contribution < -0.4 is 5.73 Å². The van der Waals surface area contributed by atoms with Crippen molar-refractivity contribution in [1.29, 1.82) is 0 Å². The summed E-state index contributed by atoms with van der Waals surface area (Å²) in [5, 5.41) is 0. The molecule has 0 unspecified atom stereocenters. The minimum atomic E-state index is 0.102. The number of piperidine rings is 1. The van der Waals surface area contributed by atoms with Gasteiger partial charge in [-0.2, -0.15) is 0 Å². The maximum Gasteiger partial charge on any atom is 0.223 e. The van der Waals surface area contributed by atoms with Crippen molar-refractivity contribution in [2.75, 3.05) is 19.6 Å². The van der Waals surface area contributed by atoms with Gasteiger partial charge in [0.05, 0.1) is 0 Å². The first-order valence-electron chi connectivity index (χ1n) is 6.40. The molecule has 0 aromatic carbocycles. The van der Waals surface area contributed by atoms with Gasteiger partial charge in [-0.05, 0) is 37.1 Å². The quantitative estimate of drug-likeness (QED) is 0.800. The van der Waals surface area contributed by atoms with E-state index in [1.54, 1.807) is 0 Å². The van der Waals surface area contributed by atoms with Crippen LogP contribution in [0.5, 0.6) is 0 Å². The Morgan fingerprint density at radius 3 is 2.31 bits per heavy atom. The standard InChI is InChI=1S/C13H26N2O/c1-13(2,3)10-12(16)15-8-5-11(4-7-14)6-9-15/h11H,4-10,14H2,1-3H3. The number of likely N-dealkylation sites (tertiary alicyclic amines) is 1. The maximum atomic E-state index is 12.0. The van der Waals surface area contributed by atoms with Crippen molar-refractivity contribution in [3.63, 3.8) is 0 Å². The third-order valence-electron chi connectivity index (χ3n) is 3.22. The Kier molecular flexibility index (Phi) is 4.78. The van der Waals surface area contributed by atoms with E-state index in [0.29, 0.717) is 12.3 Å². The van der Waals surface area contributed by atoms with E-state index in [2.05, 4.69) is 20.8 Å². The number of amides is 1. The van der Waals surface area contributed by atoms with E-state index in [1.165, 1.54) is 0 Å². The van der Waals surface area contributed by atoms with Crippen LogP contribution in [0.2, 0.25) is 0 Å². The van der Waals surface area contributed by atoms with Crippen LogP contribution in [0.3, 0.4) is 0 Å². The number of nitrogens with zero attached hydrogens (tertiary/aromatic N) is 1. The van der Waals surface area contributed by atoms with Crippen LogP contribution in [0.4, 0.5) is 0 Å². The van der Waals surface area contributed by atoms with E-state index in [4.69, 9.17) is 5.73 Å². The maximum absolute atomic E-state index is 12.0. The lowest BCUT2D eigenvalue weighted by atomic mass is 9.89. The van der Waals surface area contributed by atoms with E-state index < -0.39 is 0 Å². The fourth-order valence-corrected chi connectivity index (χ4v) is 2.27. The van der Waals surface area contributed by atoms with Crippen molar-refractivity contribution < 1.29 is 4.79 Å². The molecule has 3 nitrogen and oxygen atoms in total. The molecule has 1 aliphatic heterocycles. The second kappa shape index (κ2) is 5.67. The molecule has 1 amide bonds. The monoisotopic (exact) mass is 226 g/mol. The molecule has 2 N–H and O–H groups in total. The Hall–Kier alpha value is -0.570. The molecule has 1 heterocycles. The smallest absolute Gasteiger partial charge is 0.223 e. The summed E-state index contributed by atoms with van der Waals surface area (Å²) in [6, 6.07) is 0. The van der Waals surface area contributed by atoms with Gasteiger partial charge in [0.2, 0.25) is 5.91 Å². The molecule has 1 aliphatic rings. The van der Waals surface area contributed by atoms with Gasteiger partial charge in [0.1, 0.15) is 0 Å². The van der Waals surface area contributed by atoms with Crippen molar-refractivity contribution in [2.24, 2.45) is 17.1 Å². The van der Waals surface area contributed by atoms with E-state index in [-0.39, 0.29) is 5.41 Å². The topological polar surface area (TPSA) is 46.3 Å². The van der Waals surface area contributed by atoms with Crippen molar-refractivity contribution in [3.05, 3.63) is 0 Å². The van der Waals surface area contributed by atoms with Gasteiger partial charge < -0.3 is 10.6 Å². The van der Waals surface area contributed by atoms with Crippen molar-refractivity contribution in [2.45, 2.75) is 46.5 Å². The Morgan fingerprint density at radius 1 is 1.31 bits per heavy atom. The van der Waals surface area contributed by atoms with Gasteiger partial charge in [-0.1, -0.05) is 20.8 Å². The Balaban J connectivity index is 2.33. The summed E-state index contributed by atoms with van der Waals surface area (Å²) >= 11 is 0. The molecule has 1 fully saturated rings. The van der Waals surface area contributed by atoms with Crippen LogP contribution in [0.25, 0.3) is 0 Å². The zero-order chi connectivity index (χ0) is 12.2. The lowest BCUT2D eigenvalue weighted by Gasteiger charge is -2.33. The second-order valence-electron chi connectivity index (χ2n) is 6.14. The van der Waals surface area contributed by atoms with Crippen LogP contribution in [-0.2, 0) is 4.79 Å². The minimum absolute atomic E-state index is 0.102. The first-order valence-corrected chi connectivity index (χ1v) is 6.40. The SMILES string of the molecule is CC(C)(C)CC(=O)N1CCC(CCN)CC1. The number of carbonyl (C=O) groups is 1. The number of hydrogen-bond acceptors (Lipinski definition) is 2. The van der Waals surface area contributed by atoms with Crippen molar-refractivity contribution in [3.8, 4) is 0 Å². The van der Waals surface area contributed by atoms with Gasteiger partial charge in [0, 0.05) is 19.5 Å². The number of rotatable bonds is 3. The minimum Gasteiger partial charge on any atom is -0.343 e. The molecule has 1 saturated heterocycles. The molecule has 94 valence electrons. The molecule has 0 aliphatic carbocycles. The molecular formula is C13H26N2O. The summed E-state index contributed by atoms with van der Waals surface area (Å²) in [7, 11) is 0. The summed E-state index contributed by atoms with van der Waals surface area (Å²) in [6.07, 6.45) is 4.04. The summed E-state index contributed by atoms with van der Waals surface area (Å²) in [5.74, 6) is 1.06. The Labute approximate surface area is 99.4 Å². The largest absolute Gasteiger partial charge is 0.343 e. The third kappa shape index (κ3) is 4.52. The van der Waals surface area contributed by atoms with Gasteiger partial charge in [-0.25, -0.2) is 0 Å². The fraction of sp³-hybridized carbons (Fsp3) is 0.923. The molecule has 0 aromatic heterocycles. The van der Waals surface area contributed by atoms with E-state index in [1.807, 2.05) is 4.90 Å². The molecule has 0 spiro atoms. The third-order valence-corrected chi connectivity index (χ3v) is 3.22. The molecular weight excluding hydrogens is 200 g/mol. The van der Waals surface area contributed by atoms with Gasteiger partial charge in [0.15, 0.2) is 0 Å². The summed E-state index contributed by atoms with van der Waals surface area (Å²) in [5.41, 5.74) is 5.66. The zero-order valence-corrected chi connectivity index (χ0v) is 11.0. The van der Waals surface area contributed by atoms with E-state index in [9.17, 15) is 4.79 Å². The molecule has 3 heteroatoms. The van der Waals surface area contributed by atoms with E-state index >= 15 is 0 Å². The molecule has 0 aromatic rings. The van der Waals surface area contributed by atoms with Crippen LogP contribution in [0, 0.1) is 11.3 Å². The lowest BCUT2D eigenvalue weighted by molar-refractivity contribution is -0.134. The molecule has 0 saturated carbocycles. The highest BCUT2D eigenvalue weighted by atomic mass is 16.2. The normalized spacial score (nSPS) is 18.9. The first-order chi connectivity index (χ1) is 7.42. The zero-order valence-electron chi connectivity index (χ0n) is 11.0. The highest BCUT2D eigenvalue weighted by Gasteiger charge is 2.25. The lowest BCUT2D eigenvalue weighted by Crippen LogP contribution is -2.40. The van der Waals surface area contributed by atoms with E-state index in [0.717, 1.165) is 44.8 Å². The number of carbonyl (C=O) groups excluding carboxylic acids is 1. The fourth-order valence-electron chi connectivity index (χ4n) is 2.27. The molecule has 16 heavy (non-hydrogen) atoms. The highest BCUT2D eigenvalue weighted by Crippen LogP contribution is 2.24. The van der Waals surface area contributed by atoms with Crippen LogP contribution in [0.1, 0.15) is 46.5 Å². The number of nitrogens with two attached hydrogens (primary N) is 1. The summed E-state index contributed by atoms with van der Waals surface area (Å²) < 4.78 is 0. The first kappa shape index (κ1) is 13.5. The average Bonchev–Trinajstić information content (AvgIpc) is 2.16. The van der Waals surface area contributed by atoms with Crippen molar-refractivity contribution in [1.82, 2.24) is 4.90 Å². The second-order valence-corrected chi connectivity index (χ2v) is 6.14. The van der Waals surface area contributed by atoms with Gasteiger partial charge in [-0.15, -0.1) is 0 Å². The Bertz CT molecular complexity index is 225. The average molecular weight is 226 g/mol. The summed E-state index contributed by atoms with van der Waals surface area (Å²) in [6.45, 7) is 8.99. The molecule has 1 rings (SSSR count). The van der Waals surface area contributed by atoms with Crippen LogP contribution in [0.15, 0.2) is 0 Å². The summed E-state index contributed by atoms with van der Waals surface area (Å²) in [4.78, 5) is 14.0. The Morgan fingerprint density at radius 2 is 1.88 bits per heavy atom. The van der Waals surface area contributed by atoms with Gasteiger partial charge in [0.25, 0.3) is 0 Å². The highest BCUT2D eigenvalue weighted by molar-refractivity contribution is 5.76. The molecule has 0 bridgehead atoms. The van der Waals surface area contributed by atoms with Crippen LogP contribution in [-0.4, -0.2) is 30.4 Å². The van der Waals surface area contributed by atoms with Gasteiger partial charge in [-0.3, -0.25) is 4.79 Å². The van der Waals surface area contributed by atoms with Gasteiger partial charge >= 0.3 is 0 Å². The van der Waals surface area contributed by atoms with Crippen molar-refractivity contribution >= 4 is 5.91 Å². The predicted octanol–water partition coefficient (Wildman–Crippen LogP) is 2.01. The molecule has 0 radical (unpaired) electrons. The number of hydrogen-bond donors (Lipinski definition) is 1. The molecule has 0 atom stereocenters. The predicted molar refractivity (Wildman–Crippen MR) is 67.0 cm³/mol. The van der Waals surface area contributed by atoms with Crippen LogP contribution >= 0.6 is 0 Å².